The summed E-state index contributed by atoms with van der Waals surface area (Å²) in [7, 11) is 0. The monoisotopic (exact) mass is 242 g/mol. The molecule has 0 aliphatic rings. The fourth-order valence-corrected chi connectivity index (χ4v) is 1.94. The van der Waals surface area contributed by atoms with Gasteiger partial charge in [0.25, 0.3) is 0 Å². The first-order valence-electron chi connectivity index (χ1n) is 6.02. The van der Waals surface area contributed by atoms with E-state index in [9.17, 15) is 0 Å². The quantitative estimate of drug-likeness (QED) is 0.722. The average molecular weight is 242 g/mol. The number of rotatable bonds is 4. The molecule has 18 heavy (non-hydrogen) atoms. The van der Waals surface area contributed by atoms with Crippen molar-refractivity contribution in [2.75, 3.05) is 17.7 Å². The third-order valence-corrected chi connectivity index (χ3v) is 2.90. The van der Waals surface area contributed by atoms with Crippen LogP contribution in [0.5, 0.6) is 0 Å². The molecular formula is C15H18N2O. The van der Waals surface area contributed by atoms with Gasteiger partial charge in [0.15, 0.2) is 0 Å². The molecule has 0 aliphatic heterocycles. The first-order valence-corrected chi connectivity index (χ1v) is 6.02. The summed E-state index contributed by atoms with van der Waals surface area (Å²) in [5.74, 6) is 0. The highest BCUT2D eigenvalue weighted by atomic mass is 16.2. The number of aliphatic hydroxyl groups is 1. The molecule has 2 rings (SSSR count). The minimum atomic E-state index is 0.163. The van der Waals surface area contributed by atoms with Crippen LogP contribution in [0.4, 0.5) is 17.1 Å². The number of hydrogen-bond donors (Lipinski definition) is 3. The lowest BCUT2D eigenvalue weighted by atomic mass is 10.1. The van der Waals surface area contributed by atoms with Gasteiger partial charge in [-0.25, -0.2) is 0 Å². The molecule has 0 aliphatic carbocycles. The molecule has 0 saturated carbocycles. The van der Waals surface area contributed by atoms with Crippen LogP contribution in [0.3, 0.4) is 0 Å². The number of aliphatic hydroxyl groups excluding tert-OH is 1. The number of anilines is 3. The summed E-state index contributed by atoms with van der Waals surface area (Å²) in [6.07, 6.45) is 0.665. The zero-order chi connectivity index (χ0) is 13.0. The molecule has 0 fully saturated rings. The molecule has 3 nitrogen and oxygen atoms in total. The van der Waals surface area contributed by atoms with Crippen molar-refractivity contribution in [3.8, 4) is 0 Å². The summed E-state index contributed by atoms with van der Waals surface area (Å²) in [5, 5.41) is 12.3. The van der Waals surface area contributed by atoms with Gasteiger partial charge in [-0.2, -0.15) is 0 Å². The van der Waals surface area contributed by atoms with Gasteiger partial charge in [-0.15, -0.1) is 0 Å². The Morgan fingerprint density at radius 1 is 1.17 bits per heavy atom. The van der Waals surface area contributed by atoms with Crippen LogP contribution in [0, 0.1) is 6.92 Å². The SMILES string of the molecule is Cc1cccc(N)c1Nc1cccc(CCO)c1. The Morgan fingerprint density at radius 3 is 2.67 bits per heavy atom. The Labute approximate surface area is 107 Å². The maximum Gasteiger partial charge on any atom is 0.0647 e. The Hall–Kier alpha value is -2.00. The maximum absolute atomic E-state index is 8.95. The zero-order valence-electron chi connectivity index (χ0n) is 10.5. The van der Waals surface area contributed by atoms with Gasteiger partial charge < -0.3 is 16.2 Å². The van der Waals surface area contributed by atoms with E-state index in [4.69, 9.17) is 10.8 Å². The third kappa shape index (κ3) is 2.81. The van der Waals surface area contributed by atoms with Crippen LogP contribution < -0.4 is 11.1 Å². The molecule has 0 atom stereocenters. The van der Waals surface area contributed by atoms with Gasteiger partial charge in [0.1, 0.15) is 0 Å². The predicted octanol–water partition coefficient (Wildman–Crippen LogP) is 2.86. The van der Waals surface area contributed by atoms with Gasteiger partial charge in [-0.1, -0.05) is 24.3 Å². The van der Waals surface area contributed by atoms with Crippen molar-refractivity contribution in [3.05, 3.63) is 53.6 Å². The highest BCUT2D eigenvalue weighted by Gasteiger charge is 2.03. The topological polar surface area (TPSA) is 58.3 Å². The Bertz CT molecular complexity index is 518. The predicted molar refractivity (Wildman–Crippen MR) is 76.1 cm³/mol. The van der Waals surface area contributed by atoms with Crippen molar-refractivity contribution in [2.45, 2.75) is 13.3 Å². The Kier molecular flexibility index (Phi) is 3.85. The summed E-state index contributed by atoms with van der Waals surface area (Å²) in [5.41, 5.74) is 10.9. The van der Waals surface area contributed by atoms with Crippen molar-refractivity contribution in [3.63, 3.8) is 0 Å². The van der Waals surface area contributed by atoms with E-state index in [1.165, 1.54) is 0 Å². The van der Waals surface area contributed by atoms with Crippen molar-refractivity contribution < 1.29 is 5.11 Å². The number of benzene rings is 2. The van der Waals surface area contributed by atoms with Crippen LogP contribution in [0.25, 0.3) is 0 Å². The van der Waals surface area contributed by atoms with Gasteiger partial charge in [0.05, 0.1) is 11.4 Å². The van der Waals surface area contributed by atoms with E-state index in [1.807, 2.05) is 49.4 Å². The summed E-state index contributed by atoms with van der Waals surface area (Å²) >= 11 is 0. The first-order chi connectivity index (χ1) is 8.70. The van der Waals surface area contributed by atoms with Crippen molar-refractivity contribution in [2.24, 2.45) is 0 Å². The van der Waals surface area contributed by atoms with E-state index in [1.54, 1.807) is 0 Å². The molecule has 0 heterocycles. The van der Waals surface area contributed by atoms with E-state index >= 15 is 0 Å². The second-order valence-corrected chi connectivity index (χ2v) is 4.34. The number of aryl methyl sites for hydroxylation is 1. The standard InChI is InChI=1S/C15H18N2O/c1-11-4-2-7-14(16)15(11)17-13-6-3-5-12(10-13)8-9-18/h2-7,10,17-18H,8-9,16H2,1H3. The lowest BCUT2D eigenvalue weighted by Gasteiger charge is -2.13. The second-order valence-electron chi connectivity index (χ2n) is 4.34. The summed E-state index contributed by atoms with van der Waals surface area (Å²) in [6.45, 7) is 2.19. The summed E-state index contributed by atoms with van der Waals surface area (Å²) in [4.78, 5) is 0. The molecular weight excluding hydrogens is 224 g/mol. The number of hydrogen-bond acceptors (Lipinski definition) is 3. The Balaban J connectivity index is 2.26. The van der Waals surface area contributed by atoms with Crippen molar-refractivity contribution in [1.29, 1.82) is 0 Å². The summed E-state index contributed by atoms with van der Waals surface area (Å²) in [6, 6.07) is 13.8. The van der Waals surface area contributed by atoms with Crippen LogP contribution in [0.2, 0.25) is 0 Å². The molecule has 3 heteroatoms. The lowest BCUT2D eigenvalue weighted by molar-refractivity contribution is 0.299. The van der Waals surface area contributed by atoms with Crippen LogP contribution in [-0.2, 0) is 6.42 Å². The molecule has 94 valence electrons. The van der Waals surface area contributed by atoms with Gasteiger partial charge in [0.2, 0.25) is 0 Å². The van der Waals surface area contributed by atoms with Gasteiger partial charge in [-0.05, 0) is 42.7 Å². The van der Waals surface area contributed by atoms with Gasteiger partial charge >= 0.3 is 0 Å². The molecule has 0 bridgehead atoms. The zero-order valence-corrected chi connectivity index (χ0v) is 10.5. The van der Waals surface area contributed by atoms with Crippen LogP contribution >= 0.6 is 0 Å². The minimum absolute atomic E-state index is 0.163. The second kappa shape index (κ2) is 5.56. The van der Waals surface area contributed by atoms with Crippen molar-refractivity contribution >= 4 is 17.1 Å². The van der Waals surface area contributed by atoms with E-state index < -0.39 is 0 Å². The highest BCUT2D eigenvalue weighted by Crippen LogP contribution is 2.27. The first kappa shape index (κ1) is 12.5. The van der Waals surface area contributed by atoms with E-state index in [2.05, 4.69) is 5.32 Å². The third-order valence-electron chi connectivity index (χ3n) is 2.90. The average Bonchev–Trinajstić information content (AvgIpc) is 2.35. The van der Waals surface area contributed by atoms with E-state index in [-0.39, 0.29) is 6.61 Å². The number of nitrogens with two attached hydrogens (primary N) is 1. The number of nitrogens with one attached hydrogen (secondary N) is 1. The molecule has 0 aromatic heterocycles. The molecule has 0 amide bonds. The molecule has 0 saturated heterocycles. The molecule has 0 spiro atoms. The lowest BCUT2D eigenvalue weighted by Crippen LogP contribution is -1.99. The van der Waals surface area contributed by atoms with Gasteiger partial charge in [0, 0.05) is 12.3 Å². The van der Waals surface area contributed by atoms with E-state index in [0.29, 0.717) is 6.42 Å². The number of para-hydroxylation sites is 1. The number of nitrogen functional groups attached to an aromatic ring is 1. The fraction of sp³-hybridized carbons (Fsp3) is 0.200. The smallest absolute Gasteiger partial charge is 0.0647 e. The molecule has 0 unspecified atom stereocenters. The molecule has 2 aromatic carbocycles. The van der Waals surface area contributed by atoms with Crippen LogP contribution in [0.1, 0.15) is 11.1 Å². The molecule has 4 N–H and O–H groups in total. The van der Waals surface area contributed by atoms with Crippen molar-refractivity contribution in [1.82, 2.24) is 0 Å². The highest BCUT2D eigenvalue weighted by molar-refractivity contribution is 5.75. The minimum Gasteiger partial charge on any atom is -0.397 e. The molecule has 0 radical (unpaired) electrons. The summed E-state index contributed by atoms with van der Waals surface area (Å²) < 4.78 is 0. The largest absolute Gasteiger partial charge is 0.397 e. The van der Waals surface area contributed by atoms with Gasteiger partial charge in [-0.3, -0.25) is 0 Å². The fourth-order valence-electron chi connectivity index (χ4n) is 1.94. The van der Waals surface area contributed by atoms with Crippen LogP contribution in [-0.4, -0.2) is 11.7 Å². The maximum atomic E-state index is 8.95. The van der Waals surface area contributed by atoms with Crippen LogP contribution in [0.15, 0.2) is 42.5 Å². The molecule has 2 aromatic rings. The normalized spacial score (nSPS) is 10.3. The van der Waals surface area contributed by atoms with E-state index in [0.717, 1.165) is 28.2 Å². The Morgan fingerprint density at radius 2 is 1.94 bits per heavy atom.